The Bertz CT molecular complexity index is 757. The fraction of sp³-hybridized carbons (Fsp3) is 0.588. The van der Waals surface area contributed by atoms with E-state index in [0.29, 0.717) is 22.5 Å². The number of aryl methyl sites for hydroxylation is 1. The Kier molecular flexibility index (Phi) is 6.14. The molecular weight excluding hydrogens is 356 g/mol. The molecule has 8 heteroatoms. The number of nitrogens with zero attached hydrogens (tertiary/aromatic N) is 3. The van der Waals surface area contributed by atoms with Crippen LogP contribution in [0.5, 0.6) is 0 Å². The summed E-state index contributed by atoms with van der Waals surface area (Å²) in [7, 11) is 0. The first-order valence-electron chi connectivity index (χ1n) is 8.69. The Balaban J connectivity index is 1.73. The molecule has 0 saturated carbocycles. The van der Waals surface area contributed by atoms with Crippen LogP contribution >= 0.6 is 23.1 Å². The van der Waals surface area contributed by atoms with Crippen LogP contribution in [0.3, 0.4) is 0 Å². The van der Waals surface area contributed by atoms with Crippen molar-refractivity contribution in [3.05, 3.63) is 10.4 Å². The van der Waals surface area contributed by atoms with E-state index in [9.17, 15) is 4.79 Å². The number of likely N-dealkylation sites (tertiary alicyclic amines) is 1. The van der Waals surface area contributed by atoms with Gasteiger partial charge in [-0.25, -0.2) is 14.8 Å². The predicted molar refractivity (Wildman–Crippen MR) is 104 cm³/mol. The number of hydrogen-bond acceptors (Lipinski definition) is 8. The van der Waals surface area contributed by atoms with Crippen molar-refractivity contribution < 1.29 is 9.53 Å². The number of piperidine rings is 1. The third kappa shape index (κ3) is 4.24. The molecule has 0 unspecified atom stereocenters. The van der Waals surface area contributed by atoms with Gasteiger partial charge in [0.25, 0.3) is 0 Å². The number of fused-ring (bicyclic) bond motifs is 1. The first-order chi connectivity index (χ1) is 12.1. The summed E-state index contributed by atoms with van der Waals surface area (Å²) < 4.78 is 5.11. The van der Waals surface area contributed by atoms with Crippen LogP contribution in [0.25, 0.3) is 10.2 Å². The summed E-state index contributed by atoms with van der Waals surface area (Å²) in [4.78, 5) is 24.9. The van der Waals surface area contributed by atoms with Crippen molar-refractivity contribution >= 4 is 45.1 Å². The molecule has 136 valence electrons. The molecular formula is C17H24N4O2S2. The van der Waals surface area contributed by atoms with Crippen LogP contribution < -0.4 is 5.73 Å². The number of carbonyl (C=O) groups is 1. The average molecular weight is 381 g/mol. The van der Waals surface area contributed by atoms with E-state index < -0.39 is 0 Å². The zero-order chi connectivity index (χ0) is 17.8. The predicted octanol–water partition coefficient (Wildman–Crippen LogP) is 3.34. The van der Waals surface area contributed by atoms with E-state index >= 15 is 0 Å². The van der Waals surface area contributed by atoms with Gasteiger partial charge < -0.3 is 15.4 Å². The number of thioether (sulfide) groups is 1. The molecule has 2 aromatic rings. The quantitative estimate of drug-likeness (QED) is 0.467. The van der Waals surface area contributed by atoms with Crippen LogP contribution in [-0.4, -0.2) is 52.8 Å². The summed E-state index contributed by atoms with van der Waals surface area (Å²) in [5.41, 5.74) is 6.95. The molecule has 0 amide bonds. The summed E-state index contributed by atoms with van der Waals surface area (Å²) in [5.74, 6) is 1.07. The second-order valence-corrected chi connectivity index (χ2v) is 8.16. The van der Waals surface area contributed by atoms with Crippen LogP contribution in [-0.2, 0) is 4.74 Å². The standard InChI is InChI=1S/C17H24N4O2S2/c1-3-23-16(22)13-11(2)12-14(18)19-17(20-15(12)25-13)24-10-9-21-7-5-4-6-8-21/h3-10H2,1-2H3,(H2,18,19,20). The molecule has 3 heterocycles. The monoisotopic (exact) mass is 380 g/mol. The minimum Gasteiger partial charge on any atom is -0.462 e. The Hall–Kier alpha value is -1.38. The first kappa shape index (κ1) is 18.4. The Morgan fingerprint density at radius 2 is 2.08 bits per heavy atom. The van der Waals surface area contributed by atoms with E-state index in [1.165, 1.54) is 43.7 Å². The van der Waals surface area contributed by atoms with E-state index in [2.05, 4.69) is 14.9 Å². The second kappa shape index (κ2) is 8.33. The lowest BCUT2D eigenvalue weighted by molar-refractivity contribution is 0.0531. The van der Waals surface area contributed by atoms with Gasteiger partial charge in [-0.05, 0) is 45.3 Å². The van der Waals surface area contributed by atoms with Gasteiger partial charge in [-0.1, -0.05) is 18.2 Å². The molecule has 0 spiro atoms. The van der Waals surface area contributed by atoms with Crippen molar-refractivity contribution in [1.29, 1.82) is 0 Å². The van der Waals surface area contributed by atoms with Gasteiger partial charge in [0.2, 0.25) is 0 Å². The highest BCUT2D eigenvalue weighted by atomic mass is 32.2. The number of esters is 1. The summed E-state index contributed by atoms with van der Waals surface area (Å²) in [6, 6.07) is 0. The molecule has 0 radical (unpaired) electrons. The van der Waals surface area contributed by atoms with Crippen molar-refractivity contribution in [1.82, 2.24) is 14.9 Å². The zero-order valence-electron chi connectivity index (χ0n) is 14.7. The minimum absolute atomic E-state index is 0.318. The molecule has 0 aliphatic carbocycles. The lowest BCUT2D eigenvalue weighted by atomic mass is 10.1. The SMILES string of the molecule is CCOC(=O)c1sc2nc(SCCN3CCCCC3)nc(N)c2c1C. The fourth-order valence-corrected chi connectivity index (χ4v) is 5.05. The van der Waals surface area contributed by atoms with Gasteiger partial charge >= 0.3 is 5.97 Å². The second-order valence-electron chi connectivity index (χ2n) is 6.10. The first-order valence-corrected chi connectivity index (χ1v) is 10.5. The van der Waals surface area contributed by atoms with E-state index in [1.54, 1.807) is 18.7 Å². The maximum absolute atomic E-state index is 12.1. The topological polar surface area (TPSA) is 81.3 Å². The number of anilines is 1. The molecule has 2 N–H and O–H groups in total. The number of hydrogen-bond donors (Lipinski definition) is 1. The highest BCUT2D eigenvalue weighted by molar-refractivity contribution is 7.99. The number of ether oxygens (including phenoxy) is 1. The van der Waals surface area contributed by atoms with Gasteiger partial charge in [0.15, 0.2) is 5.16 Å². The Labute approximate surface area is 156 Å². The van der Waals surface area contributed by atoms with Crippen LogP contribution in [0.4, 0.5) is 5.82 Å². The molecule has 0 aromatic carbocycles. The summed E-state index contributed by atoms with van der Waals surface area (Å²) in [6.45, 7) is 7.44. The third-order valence-corrected chi connectivity index (χ3v) is 6.34. The molecule has 0 bridgehead atoms. The summed E-state index contributed by atoms with van der Waals surface area (Å²) in [5, 5.41) is 1.45. The third-order valence-electron chi connectivity index (χ3n) is 4.35. The highest BCUT2D eigenvalue weighted by Crippen LogP contribution is 2.34. The van der Waals surface area contributed by atoms with Gasteiger partial charge in [-0.15, -0.1) is 11.3 Å². The molecule has 0 atom stereocenters. The number of rotatable bonds is 6. The smallest absolute Gasteiger partial charge is 0.348 e. The highest BCUT2D eigenvalue weighted by Gasteiger charge is 2.20. The van der Waals surface area contributed by atoms with Crippen molar-refractivity contribution in [2.75, 3.05) is 37.7 Å². The molecule has 2 aromatic heterocycles. The van der Waals surface area contributed by atoms with E-state index in [4.69, 9.17) is 10.5 Å². The van der Waals surface area contributed by atoms with Crippen LogP contribution in [0, 0.1) is 6.92 Å². The normalized spacial score (nSPS) is 15.6. The minimum atomic E-state index is -0.318. The summed E-state index contributed by atoms with van der Waals surface area (Å²) >= 11 is 2.96. The number of aromatic nitrogens is 2. The molecule has 1 fully saturated rings. The average Bonchev–Trinajstić information content (AvgIpc) is 2.93. The molecule has 1 aliphatic heterocycles. The molecule has 1 aliphatic rings. The molecule has 3 rings (SSSR count). The molecule has 1 saturated heterocycles. The van der Waals surface area contributed by atoms with Crippen LogP contribution in [0.15, 0.2) is 5.16 Å². The van der Waals surface area contributed by atoms with Crippen molar-refractivity contribution in [3.8, 4) is 0 Å². The van der Waals surface area contributed by atoms with Crippen LogP contribution in [0.2, 0.25) is 0 Å². The number of nitrogen functional groups attached to an aromatic ring is 1. The largest absolute Gasteiger partial charge is 0.462 e. The summed E-state index contributed by atoms with van der Waals surface area (Å²) in [6.07, 6.45) is 3.94. The van der Waals surface area contributed by atoms with Gasteiger partial charge in [-0.2, -0.15) is 0 Å². The number of carbonyl (C=O) groups excluding carboxylic acids is 1. The fourth-order valence-electron chi connectivity index (χ4n) is 3.05. The number of nitrogens with two attached hydrogens (primary N) is 1. The van der Waals surface area contributed by atoms with Gasteiger partial charge in [0, 0.05) is 12.3 Å². The lowest BCUT2D eigenvalue weighted by Crippen LogP contribution is -2.31. The zero-order valence-corrected chi connectivity index (χ0v) is 16.3. The van der Waals surface area contributed by atoms with Crippen molar-refractivity contribution in [3.63, 3.8) is 0 Å². The Morgan fingerprint density at radius 1 is 1.32 bits per heavy atom. The number of thiophene rings is 1. The van der Waals surface area contributed by atoms with E-state index in [1.807, 2.05) is 6.92 Å². The van der Waals surface area contributed by atoms with Crippen LogP contribution in [0.1, 0.15) is 41.4 Å². The van der Waals surface area contributed by atoms with Gasteiger partial charge in [0.1, 0.15) is 15.5 Å². The maximum atomic E-state index is 12.1. The lowest BCUT2D eigenvalue weighted by Gasteiger charge is -2.25. The van der Waals surface area contributed by atoms with Crippen molar-refractivity contribution in [2.24, 2.45) is 0 Å². The van der Waals surface area contributed by atoms with Gasteiger partial charge in [-0.3, -0.25) is 0 Å². The van der Waals surface area contributed by atoms with E-state index in [0.717, 1.165) is 28.1 Å². The maximum Gasteiger partial charge on any atom is 0.348 e. The van der Waals surface area contributed by atoms with E-state index in [-0.39, 0.29) is 5.97 Å². The van der Waals surface area contributed by atoms with Crippen molar-refractivity contribution in [2.45, 2.75) is 38.3 Å². The van der Waals surface area contributed by atoms with Gasteiger partial charge in [0.05, 0.1) is 12.0 Å². The Morgan fingerprint density at radius 3 is 2.80 bits per heavy atom. The molecule has 25 heavy (non-hydrogen) atoms. The molecule has 6 nitrogen and oxygen atoms in total.